The minimum Gasteiger partial charge on any atom is -0.329 e. The summed E-state index contributed by atoms with van der Waals surface area (Å²) in [5.74, 6) is 0.182. The zero-order valence-corrected chi connectivity index (χ0v) is 14.0. The van der Waals surface area contributed by atoms with Crippen molar-refractivity contribution in [3.63, 3.8) is 0 Å². The van der Waals surface area contributed by atoms with Gasteiger partial charge in [0.05, 0.1) is 5.41 Å². The van der Waals surface area contributed by atoms with Crippen LogP contribution in [0.5, 0.6) is 0 Å². The van der Waals surface area contributed by atoms with E-state index in [0.717, 1.165) is 31.4 Å². The van der Waals surface area contributed by atoms with Gasteiger partial charge in [-0.3, -0.25) is 4.79 Å². The van der Waals surface area contributed by atoms with Crippen molar-refractivity contribution in [2.24, 2.45) is 11.1 Å². The average Bonchev–Trinajstić information content (AvgIpc) is 2.47. The molecule has 0 aliphatic rings. The molecule has 1 aromatic rings. The van der Waals surface area contributed by atoms with Gasteiger partial charge in [0.2, 0.25) is 5.91 Å². The summed E-state index contributed by atoms with van der Waals surface area (Å²) in [6.07, 6.45) is 3.68. The van der Waals surface area contributed by atoms with Gasteiger partial charge in [-0.15, -0.1) is 0 Å². The Hall–Kier alpha value is -1.35. The van der Waals surface area contributed by atoms with Crippen LogP contribution in [0.3, 0.4) is 0 Å². The lowest BCUT2D eigenvalue weighted by molar-refractivity contribution is -0.128. The highest BCUT2D eigenvalue weighted by atomic mass is 16.2. The standard InChI is InChI=1S/C18H30N2O/c1-5-11-18(14-19,12-6-2)17(21)20(7-3)16-10-8-9-15(4)13-16/h8-10,13H,5-7,11-12,14,19H2,1-4H3. The van der Waals surface area contributed by atoms with Crippen LogP contribution >= 0.6 is 0 Å². The van der Waals surface area contributed by atoms with Gasteiger partial charge in [-0.05, 0) is 44.4 Å². The lowest BCUT2D eigenvalue weighted by Gasteiger charge is -2.36. The molecule has 3 nitrogen and oxygen atoms in total. The van der Waals surface area contributed by atoms with E-state index >= 15 is 0 Å². The van der Waals surface area contributed by atoms with E-state index in [1.54, 1.807) is 0 Å². The van der Waals surface area contributed by atoms with Crippen molar-refractivity contribution in [2.75, 3.05) is 18.0 Å². The maximum atomic E-state index is 13.2. The van der Waals surface area contributed by atoms with E-state index < -0.39 is 5.41 Å². The fourth-order valence-electron chi connectivity index (χ4n) is 3.11. The Bertz CT molecular complexity index is 450. The number of rotatable bonds is 8. The third-order valence-corrected chi connectivity index (χ3v) is 4.18. The first-order valence-corrected chi connectivity index (χ1v) is 8.13. The van der Waals surface area contributed by atoms with Crippen molar-refractivity contribution >= 4 is 11.6 Å². The highest BCUT2D eigenvalue weighted by Crippen LogP contribution is 2.33. The molecule has 0 aromatic heterocycles. The first-order chi connectivity index (χ1) is 10.0. The Morgan fingerprint density at radius 3 is 2.24 bits per heavy atom. The first-order valence-electron chi connectivity index (χ1n) is 8.13. The van der Waals surface area contributed by atoms with Crippen LogP contribution in [0.2, 0.25) is 0 Å². The van der Waals surface area contributed by atoms with E-state index in [1.807, 2.05) is 24.0 Å². The molecule has 0 heterocycles. The number of benzene rings is 1. The van der Waals surface area contributed by atoms with Crippen molar-refractivity contribution in [1.82, 2.24) is 0 Å². The summed E-state index contributed by atoms with van der Waals surface area (Å²) < 4.78 is 0. The Morgan fingerprint density at radius 1 is 1.19 bits per heavy atom. The molecule has 1 amide bonds. The van der Waals surface area contributed by atoms with Crippen molar-refractivity contribution in [3.8, 4) is 0 Å². The van der Waals surface area contributed by atoms with Crippen LogP contribution in [0, 0.1) is 12.3 Å². The second-order valence-corrected chi connectivity index (χ2v) is 5.87. The van der Waals surface area contributed by atoms with Crippen molar-refractivity contribution in [1.29, 1.82) is 0 Å². The highest BCUT2D eigenvalue weighted by Gasteiger charge is 2.38. The third kappa shape index (κ3) is 4.07. The Balaban J connectivity index is 3.14. The fraction of sp³-hybridized carbons (Fsp3) is 0.611. The minimum absolute atomic E-state index is 0.182. The normalized spacial score (nSPS) is 11.5. The van der Waals surface area contributed by atoms with Gasteiger partial charge in [0.1, 0.15) is 0 Å². The summed E-state index contributed by atoms with van der Waals surface area (Å²) in [6.45, 7) is 9.43. The highest BCUT2D eigenvalue weighted by molar-refractivity contribution is 5.97. The van der Waals surface area contributed by atoms with E-state index in [-0.39, 0.29) is 5.91 Å². The van der Waals surface area contributed by atoms with Gasteiger partial charge in [-0.1, -0.05) is 38.8 Å². The van der Waals surface area contributed by atoms with Crippen LogP contribution in [-0.2, 0) is 4.79 Å². The lowest BCUT2D eigenvalue weighted by Crippen LogP contribution is -2.48. The van der Waals surface area contributed by atoms with Gasteiger partial charge in [-0.2, -0.15) is 0 Å². The van der Waals surface area contributed by atoms with Gasteiger partial charge >= 0.3 is 0 Å². The maximum Gasteiger partial charge on any atom is 0.234 e. The number of hydrogen-bond acceptors (Lipinski definition) is 2. The molecule has 0 saturated heterocycles. The van der Waals surface area contributed by atoms with Crippen molar-refractivity contribution in [3.05, 3.63) is 29.8 Å². The number of nitrogens with two attached hydrogens (primary N) is 1. The number of anilines is 1. The molecule has 0 spiro atoms. The summed E-state index contributed by atoms with van der Waals surface area (Å²) in [6, 6.07) is 8.13. The van der Waals surface area contributed by atoms with E-state index in [4.69, 9.17) is 5.73 Å². The minimum atomic E-state index is -0.413. The zero-order chi connectivity index (χ0) is 15.9. The average molecular weight is 290 g/mol. The van der Waals surface area contributed by atoms with E-state index in [9.17, 15) is 4.79 Å². The molecule has 0 aliphatic heterocycles. The van der Waals surface area contributed by atoms with Crippen LogP contribution in [-0.4, -0.2) is 19.0 Å². The monoisotopic (exact) mass is 290 g/mol. The molecule has 1 rings (SSSR count). The predicted octanol–water partition coefficient (Wildman–Crippen LogP) is 3.89. The maximum absolute atomic E-state index is 13.2. The number of nitrogens with zero attached hydrogens (tertiary/aromatic N) is 1. The molecule has 0 saturated carbocycles. The Kier molecular flexibility index (Phi) is 6.90. The SMILES string of the molecule is CCCC(CN)(CCC)C(=O)N(CC)c1cccc(C)c1. The molecule has 0 fully saturated rings. The van der Waals surface area contributed by atoms with Crippen LogP contribution < -0.4 is 10.6 Å². The van der Waals surface area contributed by atoms with Gasteiger partial charge < -0.3 is 10.6 Å². The molecular formula is C18H30N2O. The fourth-order valence-corrected chi connectivity index (χ4v) is 3.11. The number of aryl methyl sites for hydroxylation is 1. The Labute approximate surface area is 129 Å². The topological polar surface area (TPSA) is 46.3 Å². The van der Waals surface area contributed by atoms with Crippen molar-refractivity contribution in [2.45, 2.75) is 53.4 Å². The van der Waals surface area contributed by atoms with Gasteiger partial charge in [0, 0.05) is 18.8 Å². The van der Waals surface area contributed by atoms with Crippen LogP contribution in [0.1, 0.15) is 52.0 Å². The summed E-state index contributed by atoms with van der Waals surface area (Å²) >= 11 is 0. The molecular weight excluding hydrogens is 260 g/mol. The molecule has 0 unspecified atom stereocenters. The smallest absolute Gasteiger partial charge is 0.234 e. The quantitative estimate of drug-likeness (QED) is 0.789. The first kappa shape index (κ1) is 17.7. The van der Waals surface area contributed by atoms with Crippen LogP contribution in [0.4, 0.5) is 5.69 Å². The molecule has 0 bridgehead atoms. The number of carbonyl (C=O) groups excluding carboxylic acids is 1. The van der Waals surface area contributed by atoms with Gasteiger partial charge in [0.25, 0.3) is 0 Å². The number of amides is 1. The van der Waals surface area contributed by atoms with Crippen LogP contribution in [0.25, 0.3) is 0 Å². The third-order valence-electron chi connectivity index (χ3n) is 4.18. The molecule has 118 valence electrons. The molecule has 2 N–H and O–H groups in total. The van der Waals surface area contributed by atoms with E-state index in [1.165, 1.54) is 5.56 Å². The number of hydrogen-bond donors (Lipinski definition) is 1. The van der Waals surface area contributed by atoms with Crippen molar-refractivity contribution < 1.29 is 4.79 Å². The largest absolute Gasteiger partial charge is 0.329 e. The molecule has 0 atom stereocenters. The zero-order valence-electron chi connectivity index (χ0n) is 14.0. The second-order valence-electron chi connectivity index (χ2n) is 5.87. The summed E-state index contributed by atoms with van der Waals surface area (Å²) in [7, 11) is 0. The molecule has 0 radical (unpaired) electrons. The molecule has 21 heavy (non-hydrogen) atoms. The van der Waals surface area contributed by atoms with Crippen LogP contribution in [0.15, 0.2) is 24.3 Å². The summed E-state index contributed by atoms with van der Waals surface area (Å²) in [5, 5.41) is 0. The number of carbonyl (C=O) groups is 1. The summed E-state index contributed by atoms with van der Waals surface area (Å²) in [4.78, 5) is 15.1. The van der Waals surface area contributed by atoms with E-state index in [0.29, 0.717) is 13.1 Å². The van der Waals surface area contributed by atoms with Gasteiger partial charge in [-0.25, -0.2) is 0 Å². The molecule has 3 heteroatoms. The molecule has 0 aliphatic carbocycles. The predicted molar refractivity (Wildman–Crippen MR) is 90.5 cm³/mol. The summed E-state index contributed by atoms with van der Waals surface area (Å²) in [5.41, 5.74) is 7.77. The van der Waals surface area contributed by atoms with E-state index in [2.05, 4.69) is 32.9 Å². The second kappa shape index (κ2) is 8.18. The Morgan fingerprint density at radius 2 is 1.81 bits per heavy atom. The van der Waals surface area contributed by atoms with Gasteiger partial charge in [0.15, 0.2) is 0 Å². The lowest BCUT2D eigenvalue weighted by atomic mass is 9.77. The molecule has 1 aromatic carbocycles.